The highest BCUT2D eigenvalue weighted by Crippen LogP contribution is 2.23. The van der Waals surface area contributed by atoms with E-state index in [9.17, 15) is 17.2 Å². The molecule has 0 spiro atoms. The highest BCUT2D eigenvalue weighted by molar-refractivity contribution is 7.90. The van der Waals surface area contributed by atoms with E-state index in [1.54, 1.807) is 0 Å². The Kier molecular flexibility index (Phi) is 3.61. The summed E-state index contributed by atoms with van der Waals surface area (Å²) in [5.41, 5.74) is 4.97. The van der Waals surface area contributed by atoms with Gasteiger partial charge in [-0.25, -0.2) is 17.2 Å². The molecule has 0 fully saturated rings. The first-order chi connectivity index (χ1) is 7.27. The van der Waals surface area contributed by atoms with Crippen LogP contribution in [0, 0.1) is 11.6 Å². The van der Waals surface area contributed by atoms with E-state index < -0.39 is 39.0 Å². The van der Waals surface area contributed by atoms with Gasteiger partial charge in [0.25, 0.3) is 0 Å². The van der Waals surface area contributed by atoms with Gasteiger partial charge in [0.2, 0.25) is 0 Å². The molecule has 0 aliphatic heterocycles. The lowest BCUT2D eigenvalue weighted by Gasteiger charge is -2.12. The lowest BCUT2D eigenvalue weighted by atomic mass is 10.1. The standard InChI is InChI=1S/C9H11F2NO3S/c1-16(14,15)8-3-5(10)2-6(9(8)11)7(12)4-13/h2-3,7,13H,4,12H2,1H3. The predicted molar refractivity (Wildman–Crippen MR) is 53.5 cm³/mol. The lowest BCUT2D eigenvalue weighted by molar-refractivity contribution is 0.264. The number of aliphatic hydroxyl groups excluding tert-OH is 1. The highest BCUT2D eigenvalue weighted by atomic mass is 32.2. The second kappa shape index (κ2) is 4.44. The molecule has 1 aromatic carbocycles. The second-order valence-electron chi connectivity index (χ2n) is 3.37. The van der Waals surface area contributed by atoms with Gasteiger partial charge < -0.3 is 10.8 Å². The minimum Gasteiger partial charge on any atom is -0.394 e. The van der Waals surface area contributed by atoms with Crippen molar-refractivity contribution in [2.45, 2.75) is 10.9 Å². The molecule has 0 aromatic heterocycles. The van der Waals surface area contributed by atoms with E-state index in [4.69, 9.17) is 10.8 Å². The summed E-state index contributed by atoms with van der Waals surface area (Å²) in [6.45, 7) is -0.608. The van der Waals surface area contributed by atoms with Crippen LogP contribution in [0.15, 0.2) is 17.0 Å². The van der Waals surface area contributed by atoms with Gasteiger partial charge in [-0.2, -0.15) is 0 Å². The van der Waals surface area contributed by atoms with Crippen LogP contribution in [-0.2, 0) is 9.84 Å². The molecule has 1 unspecified atom stereocenters. The Morgan fingerprint density at radius 2 is 2.00 bits per heavy atom. The molecule has 1 atom stereocenters. The predicted octanol–water partition coefficient (Wildman–Crippen LogP) is 0.360. The number of nitrogens with two attached hydrogens (primary N) is 1. The summed E-state index contributed by atoms with van der Waals surface area (Å²) in [5, 5.41) is 8.73. The van der Waals surface area contributed by atoms with E-state index in [2.05, 4.69) is 0 Å². The number of sulfone groups is 1. The van der Waals surface area contributed by atoms with Crippen LogP contribution >= 0.6 is 0 Å². The molecule has 0 amide bonds. The molecule has 90 valence electrons. The van der Waals surface area contributed by atoms with Crippen molar-refractivity contribution in [2.75, 3.05) is 12.9 Å². The Labute approximate surface area is 91.6 Å². The molecule has 0 saturated carbocycles. The molecular weight excluding hydrogens is 240 g/mol. The van der Waals surface area contributed by atoms with Gasteiger partial charge in [-0.15, -0.1) is 0 Å². The van der Waals surface area contributed by atoms with Crippen molar-refractivity contribution in [3.05, 3.63) is 29.3 Å². The molecule has 0 saturated heterocycles. The van der Waals surface area contributed by atoms with Crippen LogP contribution in [0.25, 0.3) is 0 Å². The van der Waals surface area contributed by atoms with Crippen molar-refractivity contribution in [3.8, 4) is 0 Å². The van der Waals surface area contributed by atoms with E-state index in [0.29, 0.717) is 6.07 Å². The third-order valence-corrected chi connectivity index (χ3v) is 3.12. The lowest BCUT2D eigenvalue weighted by Crippen LogP contribution is -2.18. The number of benzene rings is 1. The van der Waals surface area contributed by atoms with Crippen LogP contribution < -0.4 is 5.73 Å². The van der Waals surface area contributed by atoms with E-state index in [1.165, 1.54) is 0 Å². The molecule has 0 aliphatic rings. The van der Waals surface area contributed by atoms with Crippen LogP contribution in [0.1, 0.15) is 11.6 Å². The van der Waals surface area contributed by atoms with Gasteiger partial charge >= 0.3 is 0 Å². The highest BCUT2D eigenvalue weighted by Gasteiger charge is 2.21. The zero-order valence-electron chi connectivity index (χ0n) is 8.44. The SMILES string of the molecule is CS(=O)(=O)c1cc(F)cc(C(N)CO)c1F. The van der Waals surface area contributed by atoms with Gasteiger partial charge in [0.15, 0.2) is 9.84 Å². The fourth-order valence-corrected chi connectivity index (χ4v) is 1.99. The second-order valence-corrected chi connectivity index (χ2v) is 5.35. The summed E-state index contributed by atoms with van der Waals surface area (Å²) in [6, 6.07) is 0.194. The average Bonchev–Trinajstić information content (AvgIpc) is 2.18. The molecule has 7 heteroatoms. The number of hydrogen-bond donors (Lipinski definition) is 2. The van der Waals surface area contributed by atoms with Gasteiger partial charge in [-0.3, -0.25) is 0 Å². The minimum atomic E-state index is -3.87. The molecule has 1 aromatic rings. The normalized spacial score (nSPS) is 13.8. The maximum Gasteiger partial charge on any atom is 0.178 e. The molecule has 0 radical (unpaired) electrons. The third-order valence-electron chi connectivity index (χ3n) is 2.03. The molecule has 0 aliphatic carbocycles. The van der Waals surface area contributed by atoms with Crippen molar-refractivity contribution >= 4 is 9.84 Å². The van der Waals surface area contributed by atoms with Crippen LogP contribution in [-0.4, -0.2) is 26.4 Å². The van der Waals surface area contributed by atoms with Gasteiger partial charge in [0.1, 0.15) is 16.5 Å². The first-order valence-corrected chi connectivity index (χ1v) is 6.22. The Morgan fingerprint density at radius 1 is 1.44 bits per heavy atom. The summed E-state index contributed by atoms with van der Waals surface area (Å²) in [5.74, 6) is -2.04. The Bertz CT molecular complexity index is 502. The fourth-order valence-electron chi connectivity index (χ4n) is 1.22. The summed E-state index contributed by atoms with van der Waals surface area (Å²) < 4.78 is 49.0. The van der Waals surface area contributed by atoms with Gasteiger partial charge in [-0.05, 0) is 12.1 Å². The van der Waals surface area contributed by atoms with Gasteiger partial charge in [0, 0.05) is 11.8 Å². The molecule has 0 bridgehead atoms. The molecule has 0 heterocycles. The Morgan fingerprint density at radius 3 is 2.44 bits per heavy atom. The van der Waals surface area contributed by atoms with Crippen LogP contribution in [0.3, 0.4) is 0 Å². The molecular formula is C9H11F2NO3S. The monoisotopic (exact) mass is 251 g/mol. The first kappa shape index (κ1) is 13.0. The van der Waals surface area contributed by atoms with E-state index in [0.717, 1.165) is 12.3 Å². The van der Waals surface area contributed by atoms with Crippen molar-refractivity contribution < 1.29 is 22.3 Å². The van der Waals surface area contributed by atoms with Crippen molar-refractivity contribution in [3.63, 3.8) is 0 Å². The van der Waals surface area contributed by atoms with Crippen LogP contribution in [0.4, 0.5) is 8.78 Å². The number of hydrogen-bond acceptors (Lipinski definition) is 4. The Balaban J connectivity index is 3.50. The van der Waals surface area contributed by atoms with Crippen LogP contribution in [0.2, 0.25) is 0 Å². The zero-order valence-corrected chi connectivity index (χ0v) is 9.26. The first-order valence-electron chi connectivity index (χ1n) is 4.32. The largest absolute Gasteiger partial charge is 0.394 e. The molecule has 3 N–H and O–H groups in total. The van der Waals surface area contributed by atoms with Crippen LogP contribution in [0.5, 0.6) is 0 Å². The topological polar surface area (TPSA) is 80.4 Å². The third kappa shape index (κ3) is 2.55. The quantitative estimate of drug-likeness (QED) is 0.812. The van der Waals surface area contributed by atoms with E-state index in [-0.39, 0.29) is 5.56 Å². The van der Waals surface area contributed by atoms with Gasteiger partial charge in [-0.1, -0.05) is 0 Å². The summed E-state index contributed by atoms with van der Waals surface area (Å²) in [4.78, 5) is -0.758. The fraction of sp³-hybridized carbons (Fsp3) is 0.333. The summed E-state index contributed by atoms with van der Waals surface area (Å²) in [7, 11) is -3.87. The van der Waals surface area contributed by atoms with E-state index in [1.807, 2.05) is 0 Å². The maximum absolute atomic E-state index is 13.6. The smallest absolute Gasteiger partial charge is 0.178 e. The number of halogens is 2. The molecule has 16 heavy (non-hydrogen) atoms. The summed E-state index contributed by atoms with van der Waals surface area (Å²) in [6.07, 6.45) is 0.763. The molecule has 1 rings (SSSR count). The van der Waals surface area contributed by atoms with Crippen molar-refractivity contribution in [1.29, 1.82) is 0 Å². The Hall–Kier alpha value is -1.05. The van der Waals surface area contributed by atoms with E-state index >= 15 is 0 Å². The zero-order chi connectivity index (χ0) is 12.5. The van der Waals surface area contributed by atoms with Crippen molar-refractivity contribution in [2.24, 2.45) is 5.73 Å². The average molecular weight is 251 g/mol. The molecule has 4 nitrogen and oxygen atoms in total. The minimum absolute atomic E-state index is 0.358. The number of rotatable bonds is 3. The summed E-state index contributed by atoms with van der Waals surface area (Å²) >= 11 is 0. The van der Waals surface area contributed by atoms with Crippen molar-refractivity contribution in [1.82, 2.24) is 0 Å². The maximum atomic E-state index is 13.6. The van der Waals surface area contributed by atoms with Gasteiger partial charge in [0.05, 0.1) is 12.6 Å². The number of aliphatic hydroxyl groups is 1.